The zero-order valence-electron chi connectivity index (χ0n) is 14.2. The Morgan fingerprint density at radius 3 is 2.65 bits per heavy atom. The SMILES string of the molecule is Cc1ccc(NC(=O)c2cc3c(=O)n(C)c4ccccc4c3s2)cc1F. The Bertz CT molecular complexity index is 1240. The highest BCUT2D eigenvalue weighted by molar-refractivity contribution is 7.21. The summed E-state index contributed by atoms with van der Waals surface area (Å²) in [5, 5.41) is 4.13. The summed E-state index contributed by atoms with van der Waals surface area (Å²) >= 11 is 1.27. The summed E-state index contributed by atoms with van der Waals surface area (Å²) in [4.78, 5) is 25.6. The van der Waals surface area contributed by atoms with Gasteiger partial charge in [0.1, 0.15) is 5.82 Å². The molecular formula is C20H15FN2O2S. The van der Waals surface area contributed by atoms with Gasteiger partial charge < -0.3 is 9.88 Å². The monoisotopic (exact) mass is 366 g/mol. The molecule has 0 aliphatic rings. The van der Waals surface area contributed by atoms with Gasteiger partial charge in [-0.2, -0.15) is 0 Å². The van der Waals surface area contributed by atoms with Crippen molar-refractivity contribution in [1.82, 2.24) is 4.57 Å². The van der Waals surface area contributed by atoms with Gasteiger partial charge in [0, 0.05) is 22.8 Å². The highest BCUT2D eigenvalue weighted by atomic mass is 32.1. The number of thiophene rings is 1. The number of nitrogens with zero attached hydrogens (tertiary/aromatic N) is 1. The lowest BCUT2D eigenvalue weighted by atomic mass is 10.1. The Kier molecular flexibility index (Phi) is 3.85. The second-order valence-electron chi connectivity index (χ2n) is 6.15. The highest BCUT2D eigenvalue weighted by Crippen LogP contribution is 2.30. The molecule has 1 N–H and O–H groups in total. The number of hydrogen-bond acceptors (Lipinski definition) is 3. The smallest absolute Gasteiger partial charge is 0.265 e. The van der Waals surface area contributed by atoms with Gasteiger partial charge in [-0.3, -0.25) is 9.59 Å². The summed E-state index contributed by atoms with van der Waals surface area (Å²) in [5.74, 6) is -0.736. The molecule has 4 aromatic rings. The molecule has 4 nitrogen and oxygen atoms in total. The van der Waals surface area contributed by atoms with Gasteiger partial charge in [-0.1, -0.05) is 24.3 Å². The summed E-state index contributed by atoms with van der Waals surface area (Å²) in [6, 6.07) is 13.7. The third kappa shape index (κ3) is 2.59. The Hall–Kier alpha value is -2.99. The van der Waals surface area contributed by atoms with E-state index in [0.29, 0.717) is 21.5 Å². The molecule has 0 aliphatic heterocycles. The third-order valence-corrected chi connectivity index (χ3v) is 5.60. The van der Waals surface area contributed by atoms with E-state index in [4.69, 9.17) is 0 Å². The first-order chi connectivity index (χ1) is 12.5. The van der Waals surface area contributed by atoms with Gasteiger partial charge in [0.25, 0.3) is 11.5 Å². The predicted molar refractivity (Wildman–Crippen MR) is 104 cm³/mol. The van der Waals surface area contributed by atoms with Crippen LogP contribution in [-0.2, 0) is 7.05 Å². The first kappa shape index (κ1) is 16.5. The van der Waals surface area contributed by atoms with Crippen molar-refractivity contribution in [1.29, 1.82) is 0 Å². The van der Waals surface area contributed by atoms with E-state index in [1.165, 1.54) is 17.4 Å². The number of fused-ring (bicyclic) bond motifs is 3. The van der Waals surface area contributed by atoms with Gasteiger partial charge in [0.15, 0.2) is 0 Å². The molecule has 0 radical (unpaired) electrons. The van der Waals surface area contributed by atoms with Gasteiger partial charge >= 0.3 is 0 Å². The van der Waals surface area contributed by atoms with E-state index >= 15 is 0 Å². The number of halogens is 1. The number of para-hydroxylation sites is 1. The first-order valence-corrected chi connectivity index (χ1v) is 8.86. The van der Waals surface area contributed by atoms with Crippen molar-refractivity contribution in [2.45, 2.75) is 6.92 Å². The van der Waals surface area contributed by atoms with E-state index in [1.54, 1.807) is 36.7 Å². The lowest BCUT2D eigenvalue weighted by Gasteiger charge is -2.05. The minimum Gasteiger partial charge on any atom is -0.321 e. The molecule has 0 spiro atoms. The van der Waals surface area contributed by atoms with Crippen LogP contribution in [0.15, 0.2) is 53.3 Å². The van der Waals surface area contributed by atoms with E-state index in [1.807, 2.05) is 24.3 Å². The number of aryl methyl sites for hydroxylation is 2. The van der Waals surface area contributed by atoms with Crippen LogP contribution in [0.5, 0.6) is 0 Å². The van der Waals surface area contributed by atoms with Gasteiger partial charge in [-0.15, -0.1) is 11.3 Å². The number of nitrogens with one attached hydrogen (secondary N) is 1. The number of amides is 1. The average Bonchev–Trinajstić information content (AvgIpc) is 3.09. The van der Waals surface area contributed by atoms with Crippen molar-refractivity contribution in [3.8, 4) is 0 Å². The van der Waals surface area contributed by atoms with Crippen molar-refractivity contribution >= 4 is 43.9 Å². The molecule has 0 fully saturated rings. The Balaban J connectivity index is 1.81. The van der Waals surface area contributed by atoms with Gasteiger partial charge in [0.2, 0.25) is 0 Å². The van der Waals surface area contributed by atoms with Gasteiger partial charge in [-0.25, -0.2) is 4.39 Å². The van der Waals surface area contributed by atoms with Crippen LogP contribution in [-0.4, -0.2) is 10.5 Å². The molecule has 0 atom stereocenters. The largest absolute Gasteiger partial charge is 0.321 e. The molecule has 4 rings (SSSR count). The topological polar surface area (TPSA) is 51.1 Å². The Morgan fingerprint density at radius 1 is 1.12 bits per heavy atom. The van der Waals surface area contributed by atoms with Crippen LogP contribution < -0.4 is 10.9 Å². The lowest BCUT2D eigenvalue weighted by Crippen LogP contribution is -2.16. The van der Waals surface area contributed by atoms with Gasteiger partial charge in [0.05, 0.1) is 15.8 Å². The molecular weight excluding hydrogens is 351 g/mol. The number of carbonyl (C=O) groups is 1. The number of carbonyl (C=O) groups excluding carboxylic acids is 1. The molecule has 6 heteroatoms. The predicted octanol–water partition coefficient (Wildman–Crippen LogP) is 4.45. The molecule has 2 aromatic carbocycles. The number of aromatic nitrogens is 1. The minimum absolute atomic E-state index is 0.143. The molecule has 0 unspecified atom stereocenters. The van der Waals surface area contributed by atoms with Gasteiger partial charge in [-0.05, 0) is 36.8 Å². The van der Waals surface area contributed by atoms with E-state index in [9.17, 15) is 14.0 Å². The Morgan fingerprint density at radius 2 is 1.88 bits per heavy atom. The standard InChI is InChI=1S/C20H15FN2O2S/c1-11-7-8-12(9-15(11)21)22-19(24)17-10-14-18(26-17)13-5-3-4-6-16(13)23(2)20(14)25/h3-10H,1-2H3,(H,22,24). The van der Waals surface area contributed by atoms with Crippen LogP contribution in [0, 0.1) is 12.7 Å². The maximum atomic E-state index is 13.7. The van der Waals surface area contributed by atoms with Crippen LogP contribution in [0.25, 0.3) is 21.0 Å². The van der Waals surface area contributed by atoms with Crippen molar-refractivity contribution in [2.75, 3.05) is 5.32 Å². The van der Waals surface area contributed by atoms with E-state index in [0.717, 1.165) is 15.6 Å². The zero-order chi connectivity index (χ0) is 18.4. The van der Waals surface area contributed by atoms with Crippen LogP contribution in [0.1, 0.15) is 15.2 Å². The minimum atomic E-state index is -0.376. The number of rotatable bonds is 2. The summed E-state index contributed by atoms with van der Waals surface area (Å²) in [6.45, 7) is 1.66. The van der Waals surface area contributed by atoms with Crippen LogP contribution in [0.4, 0.5) is 10.1 Å². The maximum absolute atomic E-state index is 13.7. The fourth-order valence-corrected chi connectivity index (χ4v) is 4.05. The van der Waals surface area contributed by atoms with E-state index in [-0.39, 0.29) is 17.3 Å². The number of hydrogen-bond donors (Lipinski definition) is 1. The molecule has 1 amide bonds. The molecule has 0 saturated heterocycles. The van der Waals surface area contributed by atoms with Crippen LogP contribution in [0.3, 0.4) is 0 Å². The molecule has 130 valence electrons. The van der Waals surface area contributed by atoms with E-state index < -0.39 is 0 Å². The number of pyridine rings is 1. The van der Waals surface area contributed by atoms with Crippen molar-refractivity contribution in [3.63, 3.8) is 0 Å². The Labute approximate surface area is 152 Å². The van der Waals surface area contributed by atoms with E-state index in [2.05, 4.69) is 5.32 Å². The molecule has 0 bridgehead atoms. The lowest BCUT2D eigenvalue weighted by molar-refractivity contribution is 0.103. The third-order valence-electron chi connectivity index (χ3n) is 4.43. The molecule has 0 saturated carbocycles. The summed E-state index contributed by atoms with van der Waals surface area (Å²) in [7, 11) is 1.72. The number of anilines is 1. The molecule has 0 aliphatic carbocycles. The summed E-state index contributed by atoms with van der Waals surface area (Å²) in [6.07, 6.45) is 0. The second kappa shape index (κ2) is 6.07. The fraction of sp³-hybridized carbons (Fsp3) is 0.100. The highest BCUT2D eigenvalue weighted by Gasteiger charge is 2.16. The van der Waals surface area contributed by atoms with Crippen LogP contribution >= 0.6 is 11.3 Å². The van der Waals surface area contributed by atoms with Crippen molar-refractivity contribution in [3.05, 3.63) is 75.1 Å². The summed E-state index contributed by atoms with van der Waals surface area (Å²) in [5.41, 5.74) is 1.57. The normalized spacial score (nSPS) is 11.2. The molecule has 2 heterocycles. The quantitative estimate of drug-likeness (QED) is 0.570. The second-order valence-corrected chi connectivity index (χ2v) is 7.21. The molecule has 26 heavy (non-hydrogen) atoms. The average molecular weight is 366 g/mol. The van der Waals surface area contributed by atoms with Crippen molar-refractivity contribution in [2.24, 2.45) is 7.05 Å². The van der Waals surface area contributed by atoms with Crippen molar-refractivity contribution < 1.29 is 9.18 Å². The number of benzene rings is 2. The zero-order valence-corrected chi connectivity index (χ0v) is 15.0. The molecule has 2 aromatic heterocycles. The summed E-state index contributed by atoms with van der Waals surface area (Å²) < 4.78 is 16.0. The first-order valence-electron chi connectivity index (χ1n) is 8.04. The maximum Gasteiger partial charge on any atom is 0.265 e. The van der Waals surface area contributed by atoms with Crippen LogP contribution in [0.2, 0.25) is 0 Å². The fourth-order valence-electron chi connectivity index (χ4n) is 2.97.